The van der Waals surface area contributed by atoms with Crippen molar-refractivity contribution in [3.63, 3.8) is 0 Å². The number of rotatable bonds is 7. The number of anilines is 2. The summed E-state index contributed by atoms with van der Waals surface area (Å²) in [5.74, 6) is -0.628. The van der Waals surface area contributed by atoms with Crippen molar-refractivity contribution in [1.82, 2.24) is 0 Å². The molecule has 0 aliphatic carbocycles. The zero-order valence-corrected chi connectivity index (χ0v) is 18.3. The smallest absolute Gasteiger partial charge is 0.265 e. The summed E-state index contributed by atoms with van der Waals surface area (Å²) < 4.78 is 33.3. The van der Waals surface area contributed by atoms with Crippen LogP contribution in [0.15, 0.2) is 71.6 Å². The molecule has 0 radical (unpaired) electrons. The monoisotopic (exact) mass is 471 g/mol. The zero-order chi connectivity index (χ0) is 23.3. The number of sulfonamides is 1. The Morgan fingerprint density at radius 1 is 1.12 bits per heavy atom. The minimum absolute atomic E-state index is 0.106. The van der Waals surface area contributed by atoms with Gasteiger partial charge in [0, 0.05) is 5.02 Å². The normalized spacial score (nSPS) is 11.8. The first-order valence-electron chi connectivity index (χ1n) is 9.27. The number of carbonyl (C=O) groups excluding carboxylic acids is 1. The third-order valence-electron chi connectivity index (χ3n) is 4.26. The first-order chi connectivity index (χ1) is 15.2. The van der Waals surface area contributed by atoms with Crippen LogP contribution in [-0.2, 0) is 14.8 Å². The first-order valence-corrected chi connectivity index (χ1v) is 11.1. The van der Waals surface area contributed by atoms with Crippen LogP contribution in [0.4, 0.5) is 11.4 Å². The molecule has 0 spiro atoms. The molecule has 3 aromatic carbocycles. The Kier molecular flexibility index (Phi) is 6.88. The van der Waals surface area contributed by atoms with Gasteiger partial charge >= 0.3 is 0 Å². The van der Waals surface area contributed by atoms with E-state index in [1.54, 1.807) is 30.3 Å². The van der Waals surface area contributed by atoms with Crippen molar-refractivity contribution < 1.29 is 23.1 Å². The van der Waals surface area contributed by atoms with Crippen LogP contribution >= 0.6 is 11.6 Å². The number of ether oxygens (including phenoxy) is 1. The molecule has 3 rings (SSSR count). The number of phenolic OH excluding ortho intramolecular Hbond substituents is 1. The molecule has 0 aliphatic rings. The summed E-state index contributed by atoms with van der Waals surface area (Å²) in [5.41, 5.74) is 0.529. The minimum Gasteiger partial charge on any atom is -0.506 e. The van der Waals surface area contributed by atoms with E-state index >= 15 is 0 Å². The summed E-state index contributed by atoms with van der Waals surface area (Å²) in [5, 5.41) is 21.9. The molecule has 164 valence electrons. The first kappa shape index (κ1) is 22.9. The maximum absolute atomic E-state index is 12.7. The molecule has 0 aliphatic heterocycles. The van der Waals surface area contributed by atoms with Gasteiger partial charge in [0.1, 0.15) is 11.5 Å². The number of phenols is 1. The van der Waals surface area contributed by atoms with Crippen LogP contribution in [0, 0.1) is 11.3 Å². The maximum atomic E-state index is 12.7. The number of hydrogen-bond acceptors (Lipinski definition) is 6. The van der Waals surface area contributed by atoms with Crippen molar-refractivity contribution in [3.8, 4) is 17.6 Å². The molecule has 0 fully saturated rings. The summed E-state index contributed by atoms with van der Waals surface area (Å²) in [7, 11) is -4.01. The van der Waals surface area contributed by atoms with E-state index in [9.17, 15) is 18.3 Å². The van der Waals surface area contributed by atoms with Gasteiger partial charge in [-0.3, -0.25) is 9.52 Å². The van der Waals surface area contributed by atoms with Gasteiger partial charge in [-0.1, -0.05) is 23.7 Å². The van der Waals surface area contributed by atoms with E-state index in [1.807, 2.05) is 6.07 Å². The predicted molar refractivity (Wildman–Crippen MR) is 120 cm³/mol. The Morgan fingerprint density at radius 3 is 2.59 bits per heavy atom. The Bertz CT molecular complexity index is 1300. The molecular formula is C22H18ClN3O5S. The number of halogens is 1. The SMILES string of the molecule is CC(Oc1cccc(C#N)c1)C(=O)Nc1cc(S(=O)(=O)Nc2cccc(Cl)c2)ccc1O. The number of aromatic hydroxyl groups is 1. The molecule has 0 saturated carbocycles. The maximum Gasteiger partial charge on any atom is 0.265 e. The molecule has 1 unspecified atom stereocenters. The highest BCUT2D eigenvalue weighted by Crippen LogP contribution is 2.28. The topological polar surface area (TPSA) is 129 Å². The molecular weight excluding hydrogens is 454 g/mol. The highest BCUT2D eigenvalue weighted by molar-refractivity contribution is 7.92. The van der Waals surface area contributed by atoms with Crippen molar-refractivity contribution in [2.75, 3.05) is 10.0 Å². The van der Waals surface area contributed by atoms with Crippen molar-refractivity contribution in [2.45, 2.75) is 17.9 Å². The van der Waals surface area contributed by atoms with Crippen LogP contribution < -0.4 is 14.8 Å². The Balaban J connectivity index is 1.76. The Hall–Kier alpha value is -3.74. The zero-order valence-electron chi connectivity index (χ0n) is 16.7. The molecule has 0 heterocycles. The molecule has 32 heavy (non-hydrogen) atoms. The van der Waals surface area contributed by atoms with Gasteiger partial charge in [0.15, 0.2) is 6.10 Å². The lowest BCUT2D eigenvalue weighted by molar-refractivity contribution is -0.122. The van der Waals surface area contributed by atoms with Gasteiger partial charge < -0.3 is 15.2 Å². The van der Waals surface area contributed by atoms with Crippen LogP contribution in [-0.4, -0.2) is 25.5 Å². The number of carbonyl (C=O) groups is 1. The van der Waals surface area contributed by atoms with Crippen LogP contribution in [0.5, 0.6) is 11.5 Å². The van der Waals surface area contributed by atoms with Crippen LogP contribution in [0.2, 0.25) is 5.02 Å². The fourth-order valence-corrected chi connectivity index (χ4v) is 3.95. The quantitative estimate of drug-likeness (QED) is 0.444. The lowest BCUT2D eigenvalue weighted by Crippen LogP contribution is -2.30. The number of nitrogens with zero attached hydrogens (tertiary/aromatic N) is 1. The van der Waals surface area contributed by atoms with E-state index in [4.69, 9.17) is 21.6 Å². The van der Waals surface area contributed by atoms with E-state index < -0.39 is 22.0 Å². The van der Waals surface area contributed by atoms with E-state index in [-0.39, 0.29) is 22.0 Å². The lowest BCUT2D eigenvalue weighted by Gasteiger charge is -2.16. The predicted octanol–water partition coefficient (Wildman–Crippen LogP) is 4.12. The molecule has 0 saturated heterocycles. The molecule has 10 heteroatoms. The third kappa shape index (κ3) is 5.69. The molecule has 8 nitrogen and oxygen atoms in total. The van der Waals surface area contributed by atoms with Crippen molar-refractivity contribution in [3.05, 3.63) is 77.3 Å². The molecule has 0 aromatic heterocycles. The second kappa shape index (κ2) is 9.60. The number of nitriles is 1. The van der Waals surface area contributed by atoms with Gasteiger partial charge in [0.25, 0.3) is 15.9 Å². The summed E-state index contributed by atoms with van der Waals surface area (Å²) in [6, 6.07) is 17.9. The second-order valence-electron chi connectivity index (χ2n) is 6.68. The van der Waals surface area contributed by atoms with Gasteiger partial charge in [-0.15, -0.1) is 0 Å². The van der Waals surface area contributed by atoms with Gasteiger partial charge in [0.05, 0.1) is 27.9 Å². The van der Waals surface area contributed by atoms with Gasteiger partial charge in [0.2, 0.25) is 0 Å². The molecule has 1 amide bonds. The average molecular weight is 472 g/mol. The Morgan fingerprint density at radius 2 is 1.88 bits per heavy atom. The van der Waals surface area contributed by atoms with Gasteiger partial charge in [-0.2, -0.15) is 5.26 Å². The van der Waals surface area contributed by atoms with Crippen LogP contribution in [0.25, 0.3) is 0 Å². The number of hydrogen-bond donors (Lipinski definition) is 3. The van der Waals surface area contributed by atoms with E-state index in [0.717, 1.165) is 12.1 Å². The van der Waals surface area contributed by atoms with Crippen LogP contribution in [0.3, 0.4) is 0 Å². The van der Waals surface area contributed by atoms with Crippen molar-refractivity contribution in [1.29, 1.82) is 5.26 Å². The fourth-order valence-electron chi connectivity index (χ4n) is 2.68. The largest absolute Gasteiger partial charge is 0.506 e. The number of benzene rings is 3. The Labute approximate surface area is 190 Å². The van der Waals surface area contributed by atoms with Gasteiger partial charge in [-0.05, 0) is 61.5 Å². The van der Waals surface area contributed by atoms with Gasteiger partial charge in [-0.25, -0.2) is 8.42 Å². The van der Waals surface area contributed by atoms with E-state index in [0.29, 0.717) is 16.3 Å². The summed E-state index contributed by atoms with van der Waals surface area (Å²) >= 11 is 5.88. The average Bonchev–Trinajstić information content (AvgIpc) is 2.75. The van der Waals surface area contributed by atoms with Crippen LogP contribution in [0.1, 0.15) is 12.5 Å². The standard InChI is InChI=1S/C22H18ClN3O5S/c1-14(31-18-7-2-4-15(10-18)13-24)22(28)25-20-12-19(8-9-21(20)27)32(29,30)26-17-6-3-5-16(23)11-17/h2-12,14,26-27H,1H3,(H,25,28). The third-order valence-corrected chi connectivity index (χ3v) is 5.87. The lowest BCUT2D eigenvalue weighted by atomic mass is 10.2. The summed E-state index contributed by atoms with van der Waals surface area (Å²) in [4.78, 5) is 12.3. The molecule has 3 N–H and O–H groups in total. The van der Waals surface area contributed by atoms with E-state index in [1.165, 1.54) is 31.2 Å². The number of nitrogens with one attached hydrogen (secondary N) is 2. The van der Waals surface area contributed by atoms with Crippen molar-refractivity contribution in [2.24, 2.45) is 0 Å². The molecule has 3 aromatic rings. The molecule has 1 atom stereocenters. The van der Waals surface area contributed by atoms with Crippen molar-refractivity contribution >= 4 is 38.9 Å². The number of amides is 1. The second-order valence-corrected chi connectivity index (χ2v) is 8.80. The fraction of sp³-hybridized carbons (Fsp3) is 0.0909. The minimum atomic E-state index is -4.01. The highest BCUT2D eigenvalue weighted by atomic mass is 35.5. The summed E-state index contributed by atoms with van der Waals surface area (Å²) in [6.45, 7) is 1.48. The molecule has 0 bridgehead atoms. The van der Waals surface area contributed by atoms with E-state index in [2.05, 4.69) is 10.0 Å². The highest BCUT2D eigenvalue weighted by Gasteiger charge is 2.20. The summed E-state index contributed by atoms with van der Waals surface area (Å²) in [6.07, 6.45) is -0.992.